The Morgan fingerprint density at radius 3 is 2.59 bits per heavy atom. The summed E-state index contributed by atoms with van der Waals surface area (Å²) in [6.07, 6.45) is 0.562. The molecule has 0 saturated heterocycles. The zero-order valence-electron chi connectivity index (χ0n) is 10.4. The summed E-state index contributed by atoms with van der Waals surface area (Å²) in [5.41, 5.74) is 6.97. The smallest absolute Gasteiger partial charge is 0.311 e. The zero-order valence-corrected chi connectivity index (χ0v) is 10.4. The first-order valence-electron chi connectivity index (χ1n) is 5.62. The molecular formula is C13H19NO3. The lowest BCUT2D eigenvalue weighted by molar-refractivity contribution is -0.139. The van der Waals surface area contributed by atoms with Crippen LogP contribution in [0.4, 0.5) is 5.69 Å². The molecular weight excluding hydrogens is 218 g/mol. The largest absolute Gasteiger partial charge is 0.495 e. The third-order valence-electron chi connectivity index (χ3n) is 2.70. The molecule has 1 unspecified atom stereocenters. The van der Waals surface area contributed by atoms with E-state index in [1.807, 2.05) is 13.8 Å². The molecule has 1 aromatic carbocycles. The Morgan fingerprint density at radius 2 is 2.12 bits per heavy atom. The number of hydrogen-bond acceptors (Lipinski definition) is 3. The number of aliphatic carboxylic acids is 1. The second kappa shape index (κ2) is 5.57. The molecule has 94 valence electrons. The standard InChI is InChI=1S/C13H19NO3/c1-8(2)7-10(13(15)16)9-5-4-6-11(17-3)12(9)14/h4-6,8,10H,7,14H2,1-3H3,(H,15,16). The van der Waals surface area contributed by atoms with Gasteiger partial charge in [-0.2, -0.15) is 0 Å². The lowest BCUT2D eigenvalue weighted by atomic mass is 9.89. The van der Waals surface area contributed by atoms with Gasteiger partial charge in [-0.05, 0) is 24.0 Å². The van der Waals surface area contributed by atoms with Crippen LogP contribution in [0.2, 0.25) is 0 Å². The molecule has 0 bridgehead atoms. The molecule has 0 spiro atoms. The van der Waals surface area contributed by atoms with Crippen molar-refractivity contribution < 1.29 is 14.6 Å². The van der Waals surface area contributed by atoms with Gasteiger partial charge >= 0.3 is 5.97 Å². The van der Waals surface area contributed by atoms with Crippen molar-refractivity contribution in [2.75, 3.05) is 12.8 Å². The molecule has 0 heterocycles. The lowest BCUT2D eigenvalue weighted by Crippen LogP contribution is -2.16. The van der Waals surface area contributed by atoms with Gasteiger partial charge in [0.25, 0.3) is 0 Å². The van der Waals surface area contributed by atoms with E-state index in [9.17, 15) is 9.90 Å². The van der Waals surface area contributed by atoms with Crippen LogP contribution in [0, 0.1) is 5.92 Å². The van der Waals surface area contributed by atoms with E-state index in [2.05, 4.69) is 0 Å². The van der Waals surface area contributed by atoms with E-state index in [-0.39, 0.29) is 0 Å². The normalized spacial score (nSPS) is 12.5. The molecule has 0 aliphatic rings. The van der Waals surface area contributed by atoms with Gasteiger partial charge in [0, 0.05) is 0 Å². The number of methoxy groups -OCH3 is 1. The maximum Gasteiger partial charge on any atom is 0.311 e. The highest BCUT2D eigenvalue weighted by Gasteiger charge is 2.24. The fourth-order valence-electron chi connectivity index (χ4n) is 1.88. The summed E-state index contributed by atoms with van der Waals surface area (Å²) in [5, 5.41) is 9.27. The molecule has 17 heavy (non-hydrogen) atoms. The predicted molar refractivity (Wildman–Crippen MR) is 67.2 cm³/mol. The third kappa shape index (κ3) is 3.12. The molecule has 4 nitrogen and oxygen atoms in total. The van der Waals surface area contributed by atoms with E-state index in [1.165, 1.54) is 7.11 Å². The molecule has 1 atom stereocenters. The number of nitrogens with two attached hydrogens (primary N) is 1. The summed E-state index contributed by atoms with van der Waals surface area (Å²) < 4.78 is 5.10. The van der Waals surface area contributed by atoms with Crippen LogP contribution in [0.15, 0.2) is 18.2 Å². The molecule has 1 aromatic rings. The minimum atomic E-state index is -0.848. The molecule has 0 aliphatic carbocycles. The fraction of sp³-hybridized carbons (Fsp3) is 0.462. The monoisotopic (exact) mass is 237 g/mol. The Balaban J connectivity index is 3.14. The van der Waals surface area contributed by atoms with Crippen molar-refractivity contribution in [2.45, 2.75) is 26.2 Å². The van der Waals surface area contributed by atoms with Crippen molar-refractivity contribution in [3.63, 3.8) is 0 Å². The molecule has 1 rings (SSSR count). The molecule has 0 aromatic heterocycles. The maximum absolute atomic E-state index is 11.3. The lowest BCUT2D eigenvalue weighted by Gasteiger charge is -2.18. The Labute approximate surface area is 101 Å². The van der Waals surface area contributed by atoms with Crippen molar-refractivity contribution in [1.82, 2.24) is 0 Å². The first-order chi connectivity index (χ1) is 7.97. The summed E-state index contributed by atoms with van der Waals surface area (Å²) in [5.74, 6) is -0.608. The van der Waals surface area contributed by atoms with Crippen LogP contribution in [0.5, 0.6) is 5.75 Å². The van der Waals surface area contributed by atoms with Gasteiger partial charge in [0.15, 0.2) is 0 Å². The molecule has 0 radical (unpaired) electrons. The molecule has 4 heteroatoms. The Kier molecular flexibility index (Phi) is 4.37. The summed E-state index contributed by atoms with van der Waals surface area (Å²) >= 11 is 0. The summed E-state index contributed by atoms with van der Waals surface area (Å²) in [7, 11) is 1.52. The van der Waals surface area contributed by atoms with E-state index in [4.69, 9.17) is 10.5 Å². The zero-order chi connectivity index (χ0) is 13.0. The first-order valence-corrected chi connectivity index (χ1v) is 5.62. The number of carbonyl (C=O) groups is 1. The van der Waals surface area contributed by atoms with E-state index < -0.39 is 11.9 Å². The van der Waals surface area contributed by atoms with Crippen molar-refractivity contribution in [3.8, 4) is 5.75 Å². The number of benzene rings is 1. The second-order valence-electron chi connectivity index (χ2n) is 4.48. The van der Waals surface area contributed by atoms with Gasteiger partial charge in [0.2, 0.25) is 0 Å². The molecule has 0 fully saturated rings. The average molecular weight is 237 g/mol. The second-order valence-corrected chi connectivity index (χ2v) is 4.48. The van der Waals surface area contributed by atoms with E-state index in [0.717, 1.165) is 0 Å². The topological polar surface area (TPSA) is 72.5 Å². The summed E-state index contributed by atoms with van der Waals surface area (Å²) in [6, 6.07) is 5.24. The average Bonchev–Trinajstić information content (AvgIpc) is 2.26. The number of para-hydroxylation sites is 1. The number of anilines is 1. The van der Waals surface area contributed by atoms with Gasteiger partial charge in [-0.1, -0.05) is 26.0 Å². The van der Waals surface area contributed by atoms with Crippen LogP contribution >= 0.6 is 0 Å². The minimum absolute atomic E-state index is 0.293. The summed E-state index contributed by atoms with van der Waals surface area (Å²) in [6.45, 7) is 3.98. The number of rotatable bonds is 5. The number of carboxylic acids is 1. The van der Waals surface area contributed by atoms with Gasteiger partial charge in [-0.3, -0.25) is 4.79 Å². The van der Waals surface area contributed by atoms with Crippen LogP contribution < -0.4 is 10.5 Å². The maximum atomic E-state index is 11.3. The third-order valence-corrected chi connectivity index (χ3v) is 2.70. The van der Waals surface area contributed by atoms with Crippen LogP contribution in [0.25, 0.3) is 0 Å². The van der Waals surface area contributed by atoms with Crippen LogP contribution in [0.1, 0.15) is 31.7 Å². The van der Waals surface area contributed by atoms with Crippen LogP contribution in [-0.2, 0) is 4.79 Å². The summed E-state index contributed by atoms with van der Waals surface area (Å²) in [4.78, 5) is 11.3. The Hall–Kier alpha value is -1.71. The first kappa shape index (κ1) is 13.4. The van der Waals surface area contributed by atoms with E-state index >= 15 is 0 Å². The minimum Gasteiger partial charge on any atom is -0.495 e. The van der Waals surface area contributed by atoms with Crippen molar-refractivity contribution in [1.29, 1.82) is 0 Å². The number of carboxylic acid groups (broad SMARTS) is 1. The van der Waals surface area contributed by atoms with Gasteiger partial charge in [0.1, 0.15) is 5.75 Å². The van der Waals surface area contributed by atoms with Crippen LogP contribution in [-0.4, -0.2) is 18.2 Å². The number of ether oxygens (including phenoxy) is 1. The van der Waals surface area contributed by atoms with Crippen molar-refractivity contribution in [2.24, 2.45) is 5.92 Å². The van der Waals surface area contributed by atoms with Crippen LogP contribution in [0.3, 0.4) is 0 Å². The van der Waals surface area contributed by atoms with Gasteiger partial charge in [0.05, 0.1) is 18.7 Å². The molecule has 3 N–H and O–H groups in total. The SMILES string of the molecule is COc1cccc(C(CC(C)C)C(=O)O)c1N. The van der Waals surface area contributed by atoms with Gasteiger partial charge < -0.3 is 15.6 Å². The van der Waals surface area contributed by atoms with Gasteiger partial charge in [-0.15, -0.1) is 0 Å². The number of hydrogen-bond donors (Lipinski definition) is 2. The predicted octanol–water partition coefficient (Wildman–Crippen LogP) is 2.49. The van der Waals surface area contributed by atoms with Crippen molar-refractivity contribution >= 4 is 11.7 Å². The molecule has 0 amide bonds. The molecule has 0 saturated carbocycles. The fourth-order valence-corrected chi connectivity index (χ4v) is 1.88. The molecule has 0 aliphatic heterocycles. The van der Waals surface area contributed by atoms with E-state index in [1.54, 1.807) is 18.2 Å². The van der Waals surface area contributed by atoms with E-state index in [0.29, 0.717) is 29.3 Å². The van der Waals surface area contributed by atoms with Gasteiger partial charge in [-0.25, -0.2) is 0 Å². The highest BCUT2D eigenvalue weighted by atomic mass is 16.5. The van der Waals surface area contributed by atoms with Crippen molar-refractivity contribution in [3.05, 3.63) is 23.8 Å². The highest BCUT2D eigenvalue weighted by molar-refractivity contribution is 5.79. The number of nitrogen functional groups attached to an aromatic ring is 1. The Morgan fingerprint density at radius 1 is 1.47 bits per heavy atom. The highest BCUT2D eigenvalue weighted by Crippen LogP contribution is 2.33. The quantitative estimate of drug-likeness (QED) is 0.772. The Bertz CT molecular complexity index is 402.